The second kappa shape index (κ2) is 11.0. The van der Waals surface area contributed by atoms with Crippen molar-refractivity contribution in [2.24, 2.45) is 0 Å². The smallest absolute Gasteiger partial charge is 0.352 e. The van der Waals surface area contributed by atoms with Gasteiger partial charge in [-0.2, -0.15) is 23.5 Å². The van der Waals surface area contributed by atoms with Gasteiger partial charge in [0, 0.05) is 6.54 Å². The van der Waals surface area contributed by atoms with Crippen LogP contribution in [-0.4, -0.2) is 43.1 Å². The molecule has 14 heteroatoms. The van der Waals surface area contributed by atoms with Crippen molar-refractivity contribution in [1.29, 1.82) is 5.26 Å². The zero-order valence-corrected chi connectivity index (χ0v) is 21.3. The molecule has 0 unspecified atom stereocenters. The Morgan fingerprint density at radius 3 is 2.54 bits per heavy atom. The molecule has 4 aromatic rings. The van der Waals surface area contributed by atoms with Gasteiger partial charge in [0.05, 0.1) is 52.0 Å². The molecule has 2 heterocycles. The first-order valence-corrected chi connectivity index (χ1v) is 11.8. The first kappa shape index (κ1) is 27.3. The molecule has 0 saturated heterocycles. The predicted molar refractivity (Wildman–Crippen MR) is 135 cm³/mol. The number of rotatable bonds is 7. The van der Waals surface area contributed by atoms with Gasteiger partial charge < -0.3 is 10.6 Å². The number of aryl methyl sites for hydroxylation is 1. The summed E-state index contributed by atoms with van der Waals surface area (Å²) in [4.78, 5) is 26.3. The molecule has 2 aromatic carbocycles. The number of carbonyl (C=O) groups is 2. The number of amides is 2. The number of nitrogens with one attached hydrogen (secondary N) is 2. The van der Waals surface area contributed by atoms with E-state index in [1.165, 1.54) is 22.9 Å². The third kappa shape index (κ3) is 5.91. The monoisotopic (exact) mass is 556 g/mol. The lowest BCUT2D eigenvalue weighted by molar-refractivity contribution is -0.141. The van der Waals surface area contributed by atoms with E-state index >= 15 is 0 Å². The first-order chi connectivity index (χ1) is 18.5. The van der Waals surface area contributed by atoms with Crippen LogP contribution in [0.3, 0.4) is 0 Å². The molecule has 0 radical (unpaired) electrons. The van der Waals surface area contributed by atoms with Crippen LogP contribution in [0.4, 0.5) is 18.9 Å². The molecule has 200 valence electrons. The number of alkyl halides is 3. The van der Waals surface area contributed by atoms with Crippen LogP contribution in [0.15, 0.2) is 48.7 Å². The summed E-state index contributed by atoms with van der Waals surface area (Å²) < 4.78 is 41.1. The average molecular weight is 557 g/mol. The quantitative estimate of drug-likeness (QED) is 0.348. The Balaban J connectivity index is 1.76. The summed E-state index contributed by atoms with van der Waals surface area (Å²) in [5.74, 6) is -1.17. The number of carbonyl (C=O) groups excluding carboxylic acids is 2. The highest BCUT2D eigenvalue weighted by molar-refractivity contribution is 6.32. The van der Waals surface area contributed by atoms with Crippen LogP contribution in [0.1, 0.15) is 50.3 Å². The van der Waals surface area contributed by atoms with Gasteiger partial charge in [-0.3, -0.25) is 9.59 Å². The van der Waals surface area contributed by atoms with Gasteiger partial charge in [-0.1, -0.05) is 28.9 Å². The lowest BCUT2D eigenvalue weighted by Crippen LogP contribution is -2.26. The van der Waals surface area contributed by atoms with Gasteiger partial charge in [0.1, 0.15) is 5.69 Å². The minimum atomic E-state index is -4.67. The maximum atomic E-state index is 13.6. The van der Waals surface area contributed by atoms with Gasteiger partial charge in [0.2, 0.25) is 0 Å². The minimum Gasteiger partial charge on any atom is -0.352 e. The zero-order chi connectivity index (χ0) is 28.3. The van der Waals surface area contributed by atoms with E-state index in [1.807, 2.05) is 6.07 Å². The number of nitrogens with zero attached hydrogens (tertiary/aromatic N) is 6. The van der Waals surface area contributed by atoms with Crippen LogP contribution in [0.25, 0.3) is 5.69 Å². The molecule has 0 aliphatic carbocycles. The topological polar surface area (TPSA) is 131 Å². The van der Waals surface area contributed by atoms with E-state index in [0.717, 1.165) is 10.9 Å². The summed E-state index contributed by atoms with van der Waals surface area (Å²) in [5.41, 5.74) is 0.332. The van der Waals surface area contributed by atoms with Crippen molar-refractivity contribution in [1.82, 2.24) is 30.1 Å². The van der Waals surface area contributed by atoms with Crippen LogP contribution < -0.4 is 10.6 Å². The van der Waals surface area contributed by atoms with Crippen LogP contribution in [0.2, 0.25) is 5.02 Å². The van der Waals surface area contributed by atoms with E-state index in [0.29, 0.717) is 17.8 Å². The second-order valence-corrected chi connectivity index (χ2v) is 8.73. The number of anilines is 1. The van der Waals surface area contributed by atoms with Gasteiger partial charge in [0.15, 0.2) is 5.69 Å². The Hall–Kier alpha value is -4.70. The Kier molecular flexibility index (Phi) is 7.68. The lowest BCUT2D eigenvalue weighted by atomic mass is 10.0. The van der Waals surface area contributed by atoms with Gasteiger partial charge in [-0.25, -0.2) is 9.36 Å². The third-order valence-electron chi connectivity index (χ3n) is 5.51. The van der Waals surface area contributed by atoms with E-state index < -0.39 is 23.7 Å². The highest BCUT2D eigenvalue weighted by Gasteiger charge is 2.34. The molecule has 0 bridgehead atoms. The Labute approximate surface area is 225 Å². The molecule has 10 nitrogen and oxygen atoms in total. The molecule has 0 saturated carbocycles. The Bertz CT molecular complexity index is 1600. The summed E-state index contributed by atoms with van der Waals surface area (Å²) in [6.45, 7) is 3.47. The summed E-state index contributed by atoms with van der Waals surface area (Å²) >= 11 is 6.35. The van der Waals surface area contributed by atoms with Crippen molar-refractivity contribution in [3.63, 3.8) is 0 Å². The molecule has 2 aromatic heterocycles. The Morgan fingerprint density at radius 1 is 1.15 bits per heavy atom. The number of nitriles is 1. The molecule has 0 spiro atoms. The molecule has 2 amide bonds. The largest absolute Gasteiger partial charge is 0.436 e. The predicted octanol–water partition coefficient (Wildman–Crippen LogP) is 4.37. The normalized spacial score (nSPS) is 11.2. The fraction of sp³-hybridized carbons (Fsp3) is 0.200. The van der Waals surface area contributed by atoms with Gasteiger partial charge in [-0.15, -0.1) is 5.10 Å². The minimum absolute atomic E-state index is 0.0140. The van der Waals surface area contributed by atoms with Crippen molar-refractivity contribution in [3.05, 3.63) is 87.5 Å². The number of benzene rings is 2. The van der Waals surface area contributed by atoms with Gasteiger partial charge in [-0.05, 0) is 49.7 Å². The fourth-order valence-electron chi connectivity index (χ4n) is 3.78. The number of hydrogen-bond donors (Lipinski definition) is 2. The van der Waals surface area contributed by atoms with Gasteiger partial charge in [0.25, 0.3) is 11.8 Å². The Morgan fingerprint density at radius 2 is 1.90 bits per heavy atom. The highest BCUT2D eigenvalue weighted by atomic mass is 35.5. The molecular formula is C25H20ClF3N8O2. The van der Waals surface area contributed by atoms with E-state index in [9.17, 15) is 28.0 Å². The molecule has 0 fully saturated rings. The number of para-hydroxylation sites is 1. The molecule has 2 N–H and O–H groups in total. The van der Waals surface area contributed by atoms with E-state index in [2.05, 4.69) is 26.0 Å². The van der Waals surface area contributed by atoms with Crippen LogP contribution in [-0.2, 0) is 12.7 Å². The summed E-state index contributed by atoms with van der Waals surface area (Å²) in [7, 11) is 0. The van der Waals surface area contributed by atoms with Crippen LogP contribution in [0, 0.1) is 18.3 Å². The fourth-order valence-corrected chi connectivity index (χ4v) is 3.99. The van der Waals surface area contributed by atoms with Crippen LogP contribution >= 0.6 is 11.6 Å². The maximum absolute atomic E-state index is 13.6. The lowest BCUT2D eigenvalue weighted by Gasteiger charge is -2.15. The van der Waals surface area contributed by atoms with Crippen molar-refractivity contribution in [2.45, 2.75) is 26.6 Å². The summed E-state index contributed by atoms with van der Waals surface area (Å²) in [6.07, 6.45) is -3.94. The second-order valence-electron chi connectivity index (χ2n) is 8.32. The van der Waals surface area contributed by atoms with Crippen molar-refractivity contribution in [3.8, 4) is 11.8 Å². The average Bonchev–Trinajstić information content (AvgIpc) is 3.53. The molecule has 39 heavy (non-hydrogen) atoms. The number of hydrogen-bond acceptors (Lipinski definition) is 6. The van der Waals surface area contributed by atoms with E-state index in [1.54, 1.807) is 38.1 Å². The van der Waals surface area contributed by atoms with Crippen LogP contribution in [0.5, 0.6) is 0 Å². The van der Waals surface area contributed by atoms with E-state index in [4.69, 9.17) is 11.6 Å². The van der Waals surface area contributed by atoms with Gasteiger partial charge >= 0.3 is 6.18 Å². The van der Waals surface area contributed by atoms with Crippen molar-refractivity contribution < 1.29 is 22.8 Å². The molecule has 0 aliphatic rings. The maximum Gasteiger partial charge on any atom is 0.436 e. The molecule has 0 atom stereocenters. The van der Waals surface area contributed by atoms with E-state index in [-0.39, 0.29) is 39.8 Å². The SMILES string of the molecule is CCNC(=O)c1cc(C#N)cc(C)c1NC(=O)c1cc(Cn2cc(C(F)(F)F)nn2)nn1-c1ccccc1Cl. The number of aromatic nitrogens is 5. The zero-order valence-electron chi connectivity index (χ0n) is 20.5. The van der Waals surface area contributed by atoms with Crippen molar-refractivity contribution >= 4 is 29.1 Å². The summed E-state index contributed by atoms with van der Waals surface area (Å²) in [5, 5.41) is 26.0. The van der Waals surface area contributed by atoms with Crippen molar-refractivity contribution in [2.75, 3.05) is 11.9 Å². The number of halogens is 4. The summed E-state index contributed by atoms with van der Waals surface area (Å²) in [6, 6.07) is 12.8. The standard InChI is InChI=1S/C25H20ClF3N8O2/c1-3-31-23(38)17-9-15(11-30)8-14(2)22(17)32-24(39)20-10-16(12-36-13-21(33-35-36)25(27,28)29)34-37(20)19-7-5-4-6-18(19)26/h4-10,13H,3,12H2,1-2H3,(H,31,38)(H,32,39). The first-order valence-electron chi connectivity index (χ1n) is 11.5. The third-order valence-corrected chi connectivity index (χ3v) is 5.83. The molecule has 0 aliphatic heterocycles. The highest BCUT2D eigenvalue weighted by Crippen LogP contribution is 2.28. The molecule has 4 rings (SSSR count). The molecular weight excluding hydrogens is 537 g/mol.